The summed E-state index contributed by atoms with van der Waals surface area (Å²) in [5.41, 5.74) is 1.79. The van der Waals surface area contributed by atoms with Crippen LogP contribution in [0.5, 0.6) is 0 Å². The van der Waals surface area contributed by atoms with Gasteiger partial charge in [-0.2, -0.15) is 0 Å². The van der Waals surface area contributed by atoms with E-state index in [9.17, 15) is 0 Å². The van der Waals surface area contributed by atoms with E-state index in [1.807, 2.05) is 5.38 Å². The number of thiazole rings is 1. The van der Waals surface area contributed by atoms with Crippen LogP contribution >= 0.6 is 11.3 Å². The predicted octanol–water partition coefficient (Wildman–Crippen LogP) is -3.09. The minimum absolute atomic E-state index is 0. The average molecular weight is 187 g/mol. The van der Waals surface area contributed by atoms with E-state index in [4.69, 9.17) is 10.0 Å². The molecule has 0 aliphatic rings. The van der Waals surface area contributed by atoms with E-state index < -0.39 is 7.69 Å². The third kappa shape index (κ3) is 15.9. The Morgan fingerprint density at radius 3 is 2.00 bits per heavy atom. The molecule has 0 aromatic carbocycles. The van der Waals surface area contributed by atoms with Crippen LogP contribution in [-0.4, -0.2) is 55.9 Å². The fourth-order valence-corrected chi connectivity index (χ4v) is 0.527. The maximum atomic E-state index is 8.38. The standard InChI is InChI=1S/C3H3NS.BHO2.Ca.H2O/c1-2-5-3-4-1;2-1-3;;/h1-3H;1H;;1H2/q;-2;+2;. The zero-order chi connectivity index (χ0) is 6.24. The summed E-state index contributed by atoms with van der Waals surface area (Å²) in [6, 6.07) is 0. The van der Waals surface area contributed by atoms with Gasteiger partial charge in [0.15, 0.2) is 0 Å². The van der Waals surface area contributed by atoms with Crippen LogP contribution in [0.1, 0.15) is 0 Å². The van der Waals surface area contributed by atoms with Crippen LogP contribution in [0.4, 0.5) is 0 Å². The second kappa shape index (κ2) is 16.4. The molecular weight excluding hydrogens is 181 g/mol. The van der Waals surface area contributed by atoms with E-state index in [0.717, 1.165) is 0 Å². The first-order chi connectivity index (χ1) is 3.91. The summed E-state index contributed by atoms with van der Waals surface area (Å²) in [5.74, 6) is 0. The zero-order valence-electron chi connectivity index (χ0n) is 5.32. The number of nitrogens with zero attached hydrogens (tertiary/aromatic N) is 1. The van der Waals surface area contributed by atoms with Crippen molar-refractivity contribution in [2.75, 3.05) is 0 Å². The summed E-state index contributed by atoms with van der Waals surface area (Å²) in [4.78, 5) is 3.74. The molecule has 0 bridgehead atoms. The van der Waals surface area contributed by atoms with Crippen LogP contribution in [0.25, 0.3) is 0 Å². The molecule has 7 heteroatoms. The first-order valence-electron chi connectivity index (χ1n) is 1.90. The molecule has 0 aliphatic carbocycles. The van der Waals surface area contributed by atoms with E-state index in [0.29, 0.717) is 0 Å². The maximum absolute atomic E-state index is 8.38. The second-order valence-corrected chi connectivity index (χ2v) is 1.55. The van der Waals surface area contributed by atoms with Crippen molar-refractivity contribution in [3.63, 3.8) is 0 Å². The molecule has 4 nitrogen and oxygen atoms in total. The van der Waals surface area contributed by atoms with Gasteiger partial charge in [-0.1, -0.05) is 0 Å². The van der Waals surface area contributed by atoms with Gasteiger partial charge in [0, 0.05) is 11.6 Å². The SMILES string of the molecule is O.[Ca+2].[O-]B[O-].c1cscn1. The fourth-order valence-electron chi connectivity index (χ4n) is 0.176. The smallest absolute Gasteiger partial charge is 0.896 e. The predicted molar refractivity (Wildman–Crippen MR) is 38.6 cm³/mol. The molecule has 0 saturated carbocycles. The van der Waals surface area contributed by atoms with E-state index in [-0.39, 0.29) is 43.2 Å². The van der Waals surface area contributed by atoms with Gasteiger partial charge in [-0.15, -0.1) is 19.0 Å². The topological polar surface area (TPSA) is 90.5 Å². The van der Waals surface area contributed by atoms with Gasteiger partial charge in [0.05, 0.1) is 5.51 Å². The van der Waals surface area contributed by atoms with E-state index in [2.05, 4.69) is 4.98 Å². The van der Waals surface area contributed by atoms with Crippen molar-refractivity contribution in [1.29, 1.82) is 0 Å². The number of rotatable bonds is 0. The van der Waals surface area contributed by atoms with Gasteiger partial charge in [0.2, 0.25) is 0 Å². The van der Waals surface area contributed by atoms with Crippen LogP contribution in [0, 0.1) is 0 Å². The molecule has 2 N–H and O–H groups in total. The third-order valence-electron chi connectivity index (χ3n) is 0.347. The number of aromatic nitrogens is 1. The fraction of sp³-hybridized carbons (Fsp3) is 0. The summed E-state index contributed by atoms with van der Waals surface area (Å²) < 4.78 is 0. The Labute approximate surface area is 93.5 Å². The molecule has 52 valence electrons. The summed E-state index contributed by atoms with van der Waals surface area (Å²) in [5, 5.41) is 18.7. The molecular formula is C3H6BCaNO3S. The van der Waals surface area contributed by atoms with Crippen molar-refractivity contribution in [2.45, 2.75) is 0 Å². The monoisotopic (exact) mass is 187 g/mol. The van der Waals surface area contributed by atoms with Crippen molar-refractivity contribution in [3.05, 3.63) is 17.1 Å². The molecule has 0 saturated heterocycles. The first-order valence-corrected chi connectivity index (χ1v) is 2.84. The van der Waals surface area contributed by atoms with Crippen LogP contribution in [0.2, 0.25) is 0 Å². The normalized spacial score (nSPS) is 5.40. The summed E-state index contributed by atoms with van der Waals surface area (Å²) >= 11 is 1.60. The van der Waals surface area contributed by atoms with Crippen LogP contribution in [0.15, 0.2) is 17.1 Å². The van der Waals surface area contributed by atoms with E-state index in [1.165, 1.54) is 0 Å². The van der Waals surface area contributed by atoms with Gasteiger partial charge >= 0.3 is 37.7 Å². The maximum Gasteiger partial charge on any atom is 2.00 e. The molecule has 0 unspecified atom stereocenters. The Balaban J connectivity index is -0.0000000900. The minimum atomic E-state index is -1.25. The Morgan fingerprint density at radius 2 is 1.90 bits per heavy atom. The Bertz CT molecular complexity index is 90.6. The van der Waals surface area contributed by atoms with Gasteiger partial charge in [-0.05, 0) is 0 Å². The van der Waals surface area contributed by atoms with Crippen LogP contribution in [0.3, 0.4) is 0 Å². The van der Waals surface area contributed by atoms with Gasteiger partial charge < -0.3 is 15.5 Å². The van der Waals surface area contributed by atoms with Crippen molar-refractivity contribution in [3.8, 4) is 0 Å². The van der Waals surface area contributed by atoms with Crippen LogP contribution in [-0.2, 0) is 0 Å². The van der Waals surface area contributed by atoms with Crippen molar-refractivity contribution in [2.24, 2.45) is 0 Å². The summed E-state index contributed by atoms with van der Waals surface area (Å²) in [7, 11) is -1.25. The Morgan fingerprint density at radius 1 is 1.40 bits per heavy atom. The minimum Gasteiger partial charge on any atom is -0.896 e. The average Bonchev–Trinajstić information content (AvgIpc) is 2.17. The first kappa shape index (κ1) is 17.1. The molecule has 0 fully saturated rings. The molecule has 10 heavy (non-hydrogen) atoms. The number of hydrogen-bond acceptors (Lipinski definition) is 4. The Hall–Kier alpha value is 0.835. The largest absolute Gasteiger partial charge is 2.00 e. The van der Waals surface area contributed by atoms with Gasteiger partial charge in [-0.25, -0.2) is 0 Å². The Kier molecular flexibility index (Phi) is 28.1. The van der Waals surface area contributed by atoms with Crippen molar-refractivity contribution in [1.82, 2.24) is 4.98 Å². The van der Waals surface area contributed by atoms with Gasteiger partial charge in [0.1, 0.15) is 0 Å². The number of hydrogen-bond donors (Lipinski definition) is 0. The third-order valence-corrected chi connectivity index (χ3v) is 0.869. The molecule has 1 heterocycles. The quantitative estimate of drug-likeness (QED) is 0.403. The molecule has 0 spiro atoms. The second-order valence-electron chi connectivity index (χ2n) is 0.794. The van der Waals surface area contributed by atoms with Gasteiger partial charge in [-0.3, -0.25) is 4.98 Å². The van der Waals surface area contributed by atoms with E-state index in [1.54, 1.807) is 23.0 Å². The zero-order valence-corrected chi connectivity index (χ0v) is 8.34. The molecule has 0 atom stereocenters. The van der Waals surface area contributed by atoms with Gasteiger partial charge in [0.25, 0.3) is 0 Å². The summed E-state index contributed by atoms with van der Waals surface area (Å²) in [6.45, 7) is 0. The molecule has 1 aromatic rings. The van der Waals surface area contributed by atoms with Crippen molar-refractivity contribution >= 4 is 56.8 Å². The summed E-state index contributed by atoms with van der Waals surface area (Å²) in [6.07, 6.45) is 1.77. The molecule has 1 rings (SSSR count). The molecule has 0 radical (unpaired) electrons. The molecule has 1 aromatic heterocycles. The molecule has 0 amide bonds. The van der Waals surface area contributed by atoms with Crippen molar-refractivity contribution < 1.29 is 15.5 Å². The molecule has 0 aliphatic heterocycles. The van der Waals surface area contributed by atoms with Crippen LogP contribution < -0.4 is 10.0 Å². The van der Waals surface area contributed by atoms with E-state index >= 15 is 0 Å².